The van der Waals surface area contributed by atoms with E-state index in [2.05, 4.69) is 56.1 Å². The molecular formula is C29H30N2O2S. The van der Waals surface area contributed by atoms with Gasteiger partial charge in [-0.2, -0.15) is 4.99 Å². The summed E-state index contributed by atoms with van der Waals surface area (Å²) in [4.78, 5) is 19.3. The van der Waals surface area contributed by atoms with Gasteiger partial charge in [-0.05, 0) is 72.9 Å². The third-order valence-corrected chi connectivity index (χ3v) is 7.09. The number of aromatic nitrogens is 1. The quantitative estimate of drug-likeness (QED) is 0.274. The standard InChI is InChI=1S/C29H30N2O2S/c1-5-6-18-33-25-16-14-23(15-17-25)28(32)30-29-31(4)26(24-13-12-20(2)21(3)19-24)27(34-29)22-10-8-7-9-11-22/h7-17,19H,5-6,18H2,1-4H3. The second-order valence-electron chi connectivity index (χ2n) is 8.43. The van der Waals surface area contributed by atoms with Crippen LogP contribution in [0.5, 0.6) is 5.75 Å². The summed E-state index contributed by atoms with van der Waals surface area (Å²) < 4.78 is 7.73. The summed E-state index contributed by atoms with van der Waals surface area (Å²) in [6.45, 7) is 7.05. The molecule has 4 rings (SSSR count). The van der Waals surface area contributed by atoms with Crippen molar-refractivity contribution in [2.24, 2.45) is 12.0 Å². The highest BCUT2D eigenvalue weighted by atomic mass is 32.1. The lowest BCUT2D eigenvalue weighted by molar-refractivity contribution is 0.0998. The molecule has 0 atom stereocenters. The number of hydrogen-bond acceptors (Lipinski definition) is 3. The Bertz CT molecular complexity index is 1350. The molecule has 1 heterocycles. The molecule has 174 valence electrons. The number of thiazole rings is 1. The van der Waals surface area contributed by atoms with Crippen LogP contribution in [0, 0.1) is 13.8 Å². The van der Waals surface area contributed by atoms with Crippen LogP contribution in [0.2, 0.25) is 0 Å². The van der Waals surface area contributed by atoms with Gasteiger partial charge in [0.25, 0.3) is 5.91 Å². The SMILES string of the molecule is CCCCOc1ccc(C(=O)N=c2sc(-c3ccccc3)c(-c3ccc(C)c(C)c3)n2C)cc1. The highest BCUT2D eigenvalue weighted by Gasteiger charge is 2.16. The molecule has 1 amide bonds. The summed E-state index contributed by atoms with van der Waals surface area (Å²) in [5.74, 6) is 0.512. The number of nitrogens with zero attached hydrogens (tertiary/aromatic N) is 2. The first-order valence-electron chi connectivity index (χ1n) is 11.6. The van der Waals surface area contributed by atoms with Crippen molar-refractivity contribution in [1.82, 2.24) is 4.57 Å². The highest BCUT2D eigenvalue weighted by molar-refractivity contribution is 7.13. The molecule has 0 bridgehead atoms. The van der Waals surface area contributed by atoms with E-state index in [1.165, 1.54) is 22.5 Å². The fourth-order valence-electron chi connectivity index (χ4n) is 3.73. The van der Waals surface area contributed by atoms with Crippen LogP contribution in [-0.4, -0.2) is 17.1 Å². The van der Waals surface area contributed by atoms with Gasteiger partial charge in [0.05, 0.1) is 17.2 Å². The van der Waals surface area contributed by atoms with Gasteiger partial charge in [0.2, 0.25) is 0 Å². The normalized spacial score (nSPS) is 11.6. The van der Waals surface area contributed by atoms with Crippen molar-refractivity contribution in [3.05, 3.63) is 94.3 Å². The zero-order valence-corrected chi connectivity index (χ0v) is 21.0. The molecule has 4 aromatic rings. The Morgan fingerprint density at radius 1 is 0.941 bits per heavy atom. The molecule has 34 heavy (non-hydrogen) atoms. The number of amides is 1. The minimum absolute atomic E-state index is 0.261. The minimum Gasteiger partial charge on any atom is -0.494 e. The van der Waals surface area contributed by atoms with E-state index in [1.54, 1.807) is 12.1 Å². The van der Waals surface area contributed by atoms with Gasteiger partial charge in [-0.1, -0.05) is 67.1 Å². The fraction of sp³-hybridized carbons (Fsp3) is 0.241. The van der Waals surface area contributed by atoms with Gasteiger partial charge >= 0.3 is 0 Å². The van der Waals surface area contributed by atoms with E-state index < -0.39 is 0 Å². The maximum Gasteiger partial charge on any atom is 0.279 e. The fourth-order valence-corrected chi connectivity index (χ4v) is 4.88. The first-order chi connectivity index (χ1) is 16.5. The van der Waals surface area contributed by atoms with Crippen molar-refractivity contribution in [3.63, 3.8) is 0 Å². The van der Waals surface area contributed by atoms with Gasteiger partial charge in [0.1, 0.15) is 5.75 Å². The molecule has 0 aliphatic carbocycles. The lowest BCUT2D eigenvalue weighted by Gasteiger charge is -2.09. The van der Waals surface area contributed by atoms with Crippen LogP contribution in [0.1, 0.15) is 41.3 Å². The smallest absolute Gasteiger partial charge is 0.279 e. The molecule has 3 aromatic carbocycles. The summed E-state index contributed by atoms with van der Waals surface area (Å²) in [6, 6.07) is 24.0. The second kappa shape index (κ2) is 10.7. The molecule has 0 aliphatic rings. The molecule has 4 nitrogen and oxygen atoms in total. The molecule has 0 saturated heterocycles. The van der Waals surface area contributed by atoms with Crippen LogP contribution >= 0.6 is 11.3 Å². The van der Waals surface area contributed by atoms with E-state index in [1.807, 2.05) is 41.9 Å². The molecule has 5 heteroatoms. The number of carbonyl (C=O) groups excluding carboxylic acids is 1. The largest absolute Gasteiger partial charge is 0.494 e. The van der Waals surface area contributed by atoms with E-state index in [0.29, 0.717) is 17.0 Å². The summed E-state index contributed by atoms with van der Waals surface area (Å²) in [7, 11) is 1.98. The van der Waals surface area contributed by atoms with Crippen molar-refractivity contribution >= 4 is 17.2 Å². The van der Waals surface area contributed by atoms with Crippen LogP contribution in [0.4, 0.5) is 0 Å². The van der Waals surface area contributed by atoms with E-state index in [9.17, 15) is 4.79 Å². The van der Waals surface area contributed by atoms with Crippen LogP contribution in [0.25, 0.3) is 21.7 Å². The Kier molecular flexibility index (Phi) is 7.43. The van der Waals surface area contributed by atoms with Crippen molar-refractivity contribution in [2.45, 2.75) is 33.6 Å². The molecule has 0 radical (unpaired) electrons. The lowest BCUT2D eigenvalue weighted by atomic mass is 10.0. The van der Waals surface area contributed by atoms with Crippen molar-refractivity contribution < 1.29 is 9.53 Å². The second-order valence-corrected chi connectivity index (χ2v) is 9.41. The molecule has 0 spiro atoms. The van der Waals surface area contributed by atoms with Crippen molar-refractivity contribution in [2.75, 3.05) is 6.61 Å². The molecule has 0 N–H and O–H groups in total. The number of rotatable bonds is 7. The van der Waals surface area contributed by atoms with Gasteiger partial charge in [0.15, 0.2) is 4.80 Å². The number of unbranched alkanes of at least 4 members (excludes halogenated alkanes) is 1. The average molecular weight is 471 g/mol. The van der Waals surface area contributed by atoms with Crippen LogP contribution in [0.3, 0.4) is 0 Å². The van der Waals surface area contributed by atoms with Gasteiger partial charge in [-0.3, -0.25) is 4.79 Å². The Morgan fingerprint density at radius 2 is 1.68 bits per heavy atom. The number of hydrogen-bond donors (Lipinski definition) is 0. The van der Waals surface area contributed by atoms with Crippen LogP contribution < -0.4 is 9.54 Å². The first kappa shape index (κ1) is 23.7. The maximum atomic E-state index is 13.0. The number of aryl methyl sites for hydroxylation is 2. The number of carbonyl (C=O) groups is 1. The predicted octanol–water partition coefficient (Wildman–Crippen LogP) is 6.96. The molecule has 0 saturated carbocycles. The van der Waals surface area contributed by atoms with E-state index >= 15 is 0 Å². The Morgan fingerprint density at radius 3 is 2.35 bits per heavy atom. The van der Waals surface area contributed by atoms with Gasteiger partial charge in [-0.25, -0.2) is 0 Å². The first-order valence-corrected chi connectivity index (χ1v) is 12.4. The van der Waals surface area contributed by atoms with Crippen LogP contribution in [-0.2, 0) is 7.05 Å². The average Bonchev–Trinajstić information content (AvgIpc) is 3.17. The topological polar surface area (TPSA) is 43.6 Å². The summed E-state index contributed by atoms with van der Waals surface area (Å²) in [6.07, 6.45) is 2.10. The Balaban J connectivity index is 1.74. The zero-order chi connectivity index (χ0) is 24.1. The molecular weight excluding hydrogens is 440 g/mol. The van der Waals surface area contributed by atoms with E-state index in [-0.39, 0.29) is 5.91 Å². The van der Waals surface area contributed by atoms with Gasteiger partial charge in [-0.15, -0.1) is 0 Å². The molecule has 1 aromatic heterocycles. The molecule has 0 unspecified atom stereocenters. The number of benzene rings is 3. The minimum atomic E-state index is -0.261. The summed E-state index contributed by atoms with van der Waals surface area (Å²) >= 11 is 1.53. The van der Waals surface area contributed by atoms with Crippen LogP contribution in [0.15, 0.2) is 77.8 Å². The lowest BCUT2D eigenvalue weighted by Crippen LogP contribution is -2.14. The van der Waals surface area contributed by atoms with Gasteiger partial charge in [0, 0.05) is 12.6 Å². The highest BCUT2D eigenvalue weighted by Crippen LogP contribution is 2.35. The van der Waals surface area contributed by atoms with Crippen molar-refractivity contribution in [1.29, 1.82) is 0 Å². The summed E-state index contributed by atoms with van der Waals surface area (Å²) in [5.41, 5.74) is 6.32. The number of ether oxygens (including phenoxy) is 1. The third-order valence-electron chi connectivity index (χ3n) is 5.91. The summed E-state index contributed by atoms with van der Waals surface area (Å²) in [5, 5.41) is 0. The van der Waals surface area contributed by atoms with Crippen molar-refractivity contribution in [3.8, 4) is 27.4 Å². The van der Waals surface area contributed by atoms with Gasteiger partial charge < -0.3 is 9.30 Å². The third kappa shape index (κ3) is 5.20. The monoisotopic (exact) mass is 470 g/mol. The molecule has 0 aliphatic heterocycles. The Hall–Kier alpha value is -3.44. The zero-order valence-electron chi connectivity index (χ0n) is 20.2. The Labute approximate surface area is 205 Å². The van der Waals surface area contributed by atoms with E-state index in [4.69, 9.17) is 4.74 Å². The van der Waals surface area contributed by atoms with E-state index in [0.717, 1.165) is 40.3 Å². The predicted molar refractivity (Wildman–Crippen MR) is 140 cm³/mol. The molecule has 0 fully saturated rings. The maximum absolute atomic E-state index is 13.0.